The lowest BCUT2D eigenvalue weighted by Crippen LogP contribution is -2.24. The summed E-state index contributed by atoms with van der Waals surface area (Å²) >= 11 is 0. The van der Waals surface area contributed by atoms with E-state index in [-0.39, 0.29) is 11.3 Å². The van der Waals surface area contributed by atoms with E-state index in [4.69, 9.17) is 0 Å². The molecule has 0 fully saturated rings. The number of rotatable bonds is 6. The smallest absolute Gasteiger partial charge is 0.267 e. The van der Waals surface area contributed by atoms with Gasteiger partial charge in [-0.25, -0.2) is 10.5 Å². The zero-order chi connectivity index (χ0) is 18.5. The molecule has 1 aromatic carbocycles. The van der Waals surface area contributed by atoms with Gasteiger partial charge in [-0.3, -0.25) is 9.59 Å². The van der Waals surface area contributed by atoms with Gasteiger partial charge in [-0.1, -0.05) is 43.5 Å². The second kappa shape index (κ2) is 8.08. The lowest BCUT2D eigenvalue weighted by molar-refractivity contribution is 0.0950. The van der Waals surface area contributed by atoms with Crippen LogP contribution in [0.2, 0.25) is 0 Å². The van der Waals surface area contributed by atoms with Gasteiger partial charge in [-0.2, -0.15) is 10.2 Å². The molecule has 2 N–H and O–H groups in total. The fourth-order valence-electron chi connectivity index (χ4n) is 3.35. The van der Waals surface area contributed by atoms with Crippen LogP contribution in [0, 0.1) is 0 Å². The third kappa shape index (κ3) is 3.74. The fourth-order valence-corrected chi connectivity index (χ4v) is 3.35. The standard InChI is InChI=1S/C20H24N4O2/c1-3-4-5-8-14-13(2)11-12-17(14)21-24-20(26)18-15-9-6-7-10-16(15)19(25)23-22-18/h6-7,9-10H,3-5,8,11-12H2,1-2H3,(H,23,25)(H,24,26)/b21-17-. The molecule has 2 aromatic rings. The molecule has 6 heteroatoms. The number of hydrogen-bond acceptors (Lipinski definition) is 4. The maximum atomic E-state index is 12.6. The van der Waals surface area contributed by atoms with E-state index in [0.29, 0.717) is 10.8 Å². The number of hydrazone groups is 1. The van der Waals surface area contributed by atoms with E-state index in [2.05, 4.69) is 34.6 Å². The number of aromatic nitrogens is 2. The number of fused-ring (bicyclic) bond motifs is 1. The van der Waals surface area contributed by atoms with E-state index in [0.717, 1.165) is 31.4 Å². The van der Waals surface area contributed by atoms with Crippen LogP contribution >= 0.6 is 0 Å². The number of carbonyl (C=O) groups is 1. The number of amides is 1. The van der Waals surface area contributed by atoms with Gasteiger partial charge < -0.3 is 0 Å². The van der Waals surface area contributed by atoms with Crippen LogP contribution in [0.4, 0.5) is 0 Å². The Morgan fingerprint density at radius 2 is 2.00 bits per heavy atom. The summed E-state index contributed by atoms with van der Waals surface area (Å²) in [5.74, 6) is -0.414. The van der Waals surface area contributed by atoms with Crippen LogP contribution in [0.25, 0.3) is 10.8 Å². The number of nitrogens with one attached hydrogen (secondary N) is 2. The molecule has 1 amide bonds. The van der Waals surface area contributed by atoms with Gasteiger partial charge in [0.15, 0.2) is 5.69 Å². The summed E-state index contributed by atoms with van der Waals surface area (Å²) in [7, 11) is 0. The minimum Gasteiger partial charge on any atom is -0.267 e. The Kier molecular flexibility index (Phi) is 5.61. The van der Waals surface area contributed by atoms with Crippen molar-refractivity contribution in [2.45, 2.75) is 52.4 Å². The molecular formula is C20H24N4O2. The Morgan fingerprint density at radius 3 is 2.77 bits per heavy atom. The molecule has 26 heavy (non-hydrogen) atoms. The molecule has 0 unspecified atom stereocenters. The Morgan fingerprint density at radius 1 is 1.23 bits per heavy atom. The van der Waals surface area contributed by atoms with Crippen molar-refractivity contribution in [3.8, 4) is 0 Å². The summed E-state index contributed by atoms with van der Waals surface area (Å²) in [5.41, 5.74) is 6.09. The van der Waals surface area contributed by atoms with Crippen molar-refractivity contribution < 1.29 is 4.79 Å². The van der Waals surface area contributed by atoms with Crippen molar-refractivity contribution >= 4 is 22.4 Å². The summed E-state index contributed by atoms with van der Waals surface area (Å²) in [4.78, 5) is 24.4. The van der Waals surface area contributed by atoms with Gasteiger partial charge in [0, 0.05) is 5.39 Å². The highest BCUT2D eigenvalue weighted by atomic mass is 16.2. The number of allylic oxidation sites excluding steroid dienone is 2. The van der Waals surface area contributed by atoms with E-state index in [1.54, 1.807) is 24.3 Å². The van der Waals surface area contributed by atoms with E-state index >= 15 is 0 Å². The number of H-pyrrole nitrogens is 1. The minimum atomic E-state index is -0.414. The van der Waals surface area contributed by atoms with Crippen molar-refractivity contribution in [1.29, 1.82) is 0 Å². The summed E-state index contributed by atoms with van der Waals surface area (Å²) in [6, 6.07) is 6.93. The van der Waals surface area contributed by atoms with Crippen molar-refractivity contribution in [2.75, 3.05) is 0 Å². The first-order valence-corrected chi connectivity index (χ1v) is 9.15. The third-order valence-corrected chi connectivity index (χ3v) is 4.83. The van der Waals surface area contributed by atoms with E-state index in [1.165, 1.54) is 24.0 Å². The molecule has 0 bridgehead atoms. The number of benzene rings is 1. The lowest BCUT2D eigenvalue weighted by Gasteiger charge is -2.07. The molecule has 0 atom stereocenters. The molecule has 1 aliphatic carbocycles. The molecular weight excluding hydrogens is 328 g/mol. The molecule has 0 radical (unpaired) electrons. The first-order valence-electron chi connectivity index (χ1n) is 9.15. The molecule has 1 aliphatic rings. The number of aromatic amines is 1. The third-order valence-electron chi connectivity index (χ3n) is 4.83. The first-order chi connectivity index (χ1) is 12.6. The lowest BCUT2D eigenvalue weighted by atomic mass is 10.0. The fraction of sp³-hybridized carbons (Fsp3) is 0.400. The topological polar surface area (TPSA) is 87.2 Å². The van der Waals surface area contributed by atoms with Crippen LogP contribution in [0.5, 0.6) is 0 Å². The Bertz CT molecular complexity index is 940. The summed E-state index contributed by atoms with van der Waals surface area (Å²) in [6.45, 7) is 4.33. The van der Waals surface area contributed by atoms with E-state index in [9.17, 15) is 9.59 Å². The quantitative estimate of drug-likeness (QED) is 0.614. The summed E-state index contributed by atoms with van der Waals surface area (Å²) in [5, 5.41) is 11.6. The summed E-state index contributed by atoms with van der Waals surface area (Å²) < 4.78 is 0. The van der Waals surface area contributed by atoms with E-state index in [1.807, 2.05) is 0 Å². The van der Waals surface area contributed by atoms with Gasteiger partial charge in [0.25, 0.3) is 11.5 Å². The molecule has 0 saturated carbocycles. The predicted octanol–water partition coefficient (Wildman–Crippen LogP) is 3.70. The van der Waals surface area contributed by atoms with Crippen molar-refractivity contribution in [3.05, 3.63) is 51.5 Å². The highest BCUT2D eigenvalue weighted by Gasteiger charge is 2.19. The Labute approximate surface area is 152 Å². The molecule has 0 saturated heterocycles. The normalized spacial score (nSPS) is 15.8. The highest BCUT2D eigenvalue weighted by Crippen LogP contribution is 2.27. The average molecular weight is 352 g/mol. The number of nitrogens with zero attached hydrogens (tertiary/aromatic N) is 2. The van der Waals surface area contributed by atoms with Gasteiger partial charge >= 0.3 is 0 Å². The van der Waals surface area contributed by atoms with Crippen LogP contribution in [0.15, 0.2) is 45.3 Å². The van der Waals surface area contributed by atoms with Crippen LogP contribution < -0.4 is 11.0 Å². The zero-order valence-corrected chi connectivity index (χ0v) is 15.3. The second-order valence-corrected chi connectivity index (χ2v) is 6.66. The van der Waals surface area contributed by atoms with Gasteiger partial charge in [0.1, 0.15) is 0 Å². The van der Waals surface area contributed by atoms with Crippen molar-refractivity contribution in [2.24, 2.45) is 5.10 Å². The minimum absolute atomic E-state index is 0.177. The van der Waals surface area contributed by atoms with Crippen molar-refractivity contribution in [3.63, 3.8) is 0 Å². The second-order valence-electron chi connectivity index (χ2n) is 6.66. The molecule has 1 aromatic heterocycles. The van der Waals surface area contributed by atoms with Gasteiger partial charge in [-0.15, -0.1) is 0 Å². The molecule has 1 heterocycles. The molecule has 6 nitrogen and oxygen atoms in total. The molecule has 136 valence electrons. The van der Waals surface area contributed by atoms with Gasteiger partial charge in [0.2, 0.25) is 0 Å². The van der Waals surface area contributed by atoms with E-state index < -0.39 is 5.91 Å². The highest BCUT2D eigenvalue weighted by molar-refractivity contribution is 6.07. The van der Waals surface area contributed by atoms with Gasteiger partial charge in [0.05, 0.1) is 11.1 Å². The van der Waals surface area contributed by atoms with Crippen LogP contribution in [-0.4, -0.2) is 21.8 Å². The van der Waals surface area contributed by atoms with Crippen LogP contribution in [-0.2, 0) is 0 Å². The predicted molar refractivity (Wildman–Crippen MR) is 103 cm³/mol. The number of hydrogen-bond donors (Lipinski definition) is 2. The molecule has 0 spiro atoms. The van der Waals surface area contributed by atoms with Crippen LogP contribution in [0.3, 0.4) is 0 Å². The monoisotopic (exact) mass is 352 g/mol. The number of unbranched alkanes of at least 4 members (excludes halogenated alkanes) is 2. The zero-order valence-electron chi connectivity index (χ0n) is 15.3. The average Bonchev–Trinajstić information content (AvgIpc) is 3.00. The molecule has 0 aliphatic heterocycles. The van der Waals surface area contributed by atoms with Crippen molar-refractivity contribution in [1.82, 2.24) is 15.6 Å². The van der Waals surface area contributed by atoms with Crippen LogP contribution in [0.1, 0.15) is 62.9 Å². The maximum Gasteiger partial charge on any atom is 0.292 e. The largest absolute Gasteiger partial charge is 0.292 e. The SMILES string of the molecule is CCCCCC1=C(C)CC/C1=N/NC(=O)c1n[nH]c(=O)c2ccccc12. The maximum absolute atomic E-state index is 12.6. The Balaban J connectivity index is 1.80. The Hall–Kier alpha value is -2.76. The number of carbonyl (C=O) groups excluding carboxylic acids is 1. The van der Waals surface area contributed by atoms with Gasteiger partial charge in [-0.05, 0) is 44.2 Å². The summed E-state index contributed by atoms with van der Waals surface area (Å²) in [6.07, 6.45) is 6.38. The molecule has 3 rings (SSSR count). The first kappa shape index (κ1) is 18.0.